The molecule has 5 N–H and O–H groups in total. The molecule has 1 aliphatic rings. The lowest BCUT2D eigenvalue weighted by Crippen LogP contribution is -2.61. The van der Waals surface area contributed by atoms with Gasteiger partial charge in [-0.1, -0.05) is 24.0 Å². The highest BCUT2D eigenvalue weighted by Gasteiger charge is 2.33. The summed E-state index contributed by atoms with van der Waals surface area (Å²) in [6, 6.07) is 13.9. The van der Waals surface area contributed by atoms with Crippen LogP contribution in [0.1, 0.15) is 47.3 Å². The highest BCUT2D eigenvalue weighted by molar-refractivity contribution is 5.97. The van der Waals surface area contributed by atoms with E-state index in [4.69, 9.17) is 15.7 Å². The Morgan fingerprint density at radius 2 is 1.68 bits per heavy atom. The lowest BCUT2D eigenvalue weighted by Gasteiger charge is -2.29. The van der Waals surface area contributed by atoms with Crippen LogP contribution in [0.5, 0.6) is 0 Å². The highest BCUT2D eigenvalue weighted by atomic mass is 16.5. The van der Waals surface area contributed by atoms with Gasteiger partial charge in [-0.2, -0.15) is 0 Å². The zero-order valence-corrected chi connectivity index (χ0v) is 19.6. The van der Waals surface area contributed by atoms with Crippen molar-refractivity contribution >= 4 is 11.8 Å². The number of carbonyl (C=O) groups is 2. The van der Waals surface area contributed by atoms with E-state index in [0.29, 0.717) is 5.56 Å². The van der Waals surface area contributed by atoms with Gasteiger partial charge in [0.15, 0.2) is 0 Å². The Balaban J connectivity index is 1.60. The largest absolute Gasteiger partial charge is 0.380 e. The molecule has 8 nitrogen and oxygen atoms in total. The molecule has 0 bridgehead atoms. The molecule has 8 heteroatoms. The molecule has 0 aliphatic carbocycles. The predicted molar refractivity (Wildman–Crippen MR) is 129 cm³/mol. The Morgan fingerprint density at radius 1 is 1.06 bits per heavy atom. The molecule has 1 aliphatic heterocycles. The van der Waals surface area contributed by atoms with Crippen LogP contribution in [0.3, 0.4) is 0 Å². The standard InChI is InChI=1S/C26H32N4O4/c1-26(2,27)23(25(32)29-33)28-24(31)22-12-10-20(11-13-22)5-4-19-6-8-21(9-7-19)18-30-14-3-16-34-17-15-30/h6-13,23,33H,3,14-18,27H2,1-2H3,(H,28,31)(H,29,32)/t23-/m1/s1. The molecular formula is C26H32N4O4. The van der Waals surface area contributed by atoms with E-state index in [1.165, 1.54) is 11.0 Å². The molecule has 0 saturated carbocycles. The SMILES string of the molecule is CC(C)(N)[C@H](NC(=O)c1ccc(C#Cc2ccc(CN3CCCOCC3)cc2)cc1)C(=O)NO. The summed E-state index contributed by atoms with van der Waals surface area (Å²) in [5, 5.41) is 11.5. The molecular weight excluding hydrogens is 432 g/mol. The van der Waals surface area contributed by atoms with Crippen LogP contribution in [0, 0.1) is 11.8 Å². The Hall–Kier alpha value is -3.22. The quantitative estimate of drug-likeness (QED) is 0.293. The minimum Gasteiger partial charge on any atom is -0.380 e. The number of nitrogens with one attached hydrogen (secondary N) is 2. The van der Waals surface area contributed by atoms with Crippen LogP contribution < -0.4 is 16.5 Å². The van der Waals surface area contributed by atoms with Gasteiger partial charge in [-0.05, 0) is 62.2 Å². The van der Waals surface area contributed by atoms with Gasteiger partial charge in [0.2, 0.25) is 0 Å². The number of nitrogens with two attached hydrogens (primary N) is 1. The second-order valence-electron chi connectivity index (χ2n) is 8.97. The highest BCUT2D eigenvalue weighted by Crippen LogP contribution is 2.11. The predicted octanol–water partition coefficient (Wildman–Crippen LogP) is 1.65. The number of hydroxylamine groups is 1. The molecule has 3 rings (SSSR count). The minimum atomic E-state index is -1.10. The maximum absolute atomic E-state index is 12.5. The number of benzene rings is 2. The normalized spacial score (nSPS) is 15.4. The van der Waals surface area contributed by atoms with Crippen LogP contribution in [-0.4, -0.2) is 59.8 Å². The first-order valence-electron chi connectivity index (χ1n) is 11.3. The van der Waals surface area contributed by atoms with Crippen LogP contribution in [0.25, 0.3) is 0 Å². The Kier molecular flexibility index (Phi) is 8.79. The third-order valence-electron chi connectivity index (χ3n) is 5.57. The molecule has 2 aromatic rings. The number of amides is 2. The van der Waals surface area contributed by atoms with E-state index in [1.807, 2.05) is 12.1 Å². The fraction of sp³-hybridized carbons (Fsp3) is 0.385. The van der Waals surface area contributed by atoms with E-state index in [1.54, 1.807) is 38.1 Å². The summed E-state index contributed by atoms with van der Waals surface area (Å²) >= 11 is 0. The smallest absolute Gasteiger partial charge is 0.267 e. The third-order valence-corrected chi connectivity index (χ3v) is 5.57. The van der Waals surface area contributed by atoms with Gasteiger partial charge in [0, 0.05) is 48.5 Å². The molecule has 34 heavy (non-hydrogen) atoms. The van der Waals surface area contributed by atoms with Gasteiger partial charge in [0.1, 0.15) is 6.04 Å². The molecule has 0 radical (unpaired) electrons. The van der Waals surface area contributed by atoms with Crippen molar-refractivity contribution < 1.29 is 19.5 Å². The second kappa shape index (κ2) is 11.8. The van der Waals surface area contributed by atoms with Crippen molar-refractivity contribution in [2.24, 2.45) is 5.73 Å². The molecule has 1 atom stereocenters. The van der Waals surface area contributed by atoms with Crippen molar-refractivity contribution in [3.63, 3.8) is 0 Å². The molecule has 2 amide bonds. The van der Waals surface area contributed by atoms with Crippen LogP contribution in [0.4, 0.5) is 0 Å². The number of carbonyl (C=O) groups excluding carboxylic acids is 2. The number of ether oxygens (including phenoxy) is 1. The summed E-state index contributed by atoms with van der Waals surface area (Å²) in [5.41, 5.74) is 9.69. The summed E-state index contributed by atoms with van der Waals surface area (Å²) in [6.07, 6.45) is 1.06. The third kappa shape index (κ3) is 7.40. The van der Waals surface area contributed by atoms with Crippen molar-refractivity contribution in [2.75, 3.05) is 26.3 Å². The number of nitrogens with zero attached hydrogens (tertiary/aromatic N) is 1. The summed E-state index contributed by atoms with van der Waals surface area (Å²) < 4.78 is 5.51. The summed E-state index contributed by atoms with van der Waals surface area (Å²) in [7, 11) is 0. The molecule has 1 heterocycles. The van der Waals surface area contributed by atoms with Crippen molar-refractivity contribution in [2.45, 2.75) is 38.4 Å². The van der Waals surface area contributed by atoms with Gasteiger partial charge < -0.3 is 15.8 Å². The van der Waals surface area contributed by atoms with E-state index in [9.17, 15) is 9.59 Å². The maximum atomic E-state index is 12.5. The van der Waals surface area contributed by atoms with Crippen molar-refractivity contribution in [3.8, 4) is 11.8 Å². The fourth-order valence-corrected chi connectivity index (χ4v) is 3.63. The van der Waals surface area contributed by atoms with Crippen LogP contribution >= 0.6 is 0 Å². The molecule has 1 fully saturated rings. The minimum absolute atomic E-state index is 0.355. The topological polar surface area (TPSA) is 117 Å². The first-order valence-corrected chi connectivity index (χ1v) is 11.3. The second-order valence-corrected chi connectivity index (χ2v) is 8.97. The first kappa shape index (κ1) is 25.4. The summed E-state index contributed by atoms with van der Waals surface area (Å²) in [5.74, 6) is 4.99. The monoisotopic (exact) mass is 464 g/mol. The van der Waals surface area contributed by atoms with Crippen molar-refractivity contribution in [1.29, 1.82) is 0 Å². The van der Waals surface area contributed by atoms with Gasteiger partial charge in [0.25, 0.3) is 11.8 Å². The van der Waals surface area contributed by atoms with Gasteiger partial charge in [-0.3, -0.25) is 19.7 Å². The fourth-order valence-electron chi connectivity index (χ4n) is 3.63. The molecule has 0 spiro atoms. The lowest BCUT2D eigenvalue weighted by atomic mass is 9.95. The number of rotatable bonds is 6. The molecule has 180 valence electrons. The molecule has 0 aromatic heterocycles. The average Bonchev–Trinajstić information content (AvgIpc) is 3.09. The van der Waals surface area contributed by atoms with E-state index < -0.39 is 23.4 Å². The maximum Gasteiger partial charge on any atom is 0.267 e. The van der Waals surface area contributed by atoms with Crippen molar-refractivity contribution in [3.05, 3.63) is 70.8 Å². The zero-order valence-electron chi connectivity index (χ0n) is 19.6. The van der Waals surface area contributed by atoms with Crippen molar-refractivity contribution in [1.82, 2.24) is 15.7 Å². The van der Waals surface area contributed by atoms with E-state index >= 15 is 0 Å². The Labute approximate surface area is 200 Å². The zero-order chi connectivity index (χ0) is 24.6. The number of hydrogen-bond donors (Lipinski definition) is 4. The van der Waals surface area contributed by atoms with Gasteiger partial charge in [-0.25, -0.2) is 5.48 Å². The molecule has 1 saturated heterocycles. The van der Waals surface area contributed by atoms with E-state index in [0.717, 1.165) is 50.4 Å². The Morgan fingerprint density at radius 3 is 2.26 bits per heavy atom. The van der Waals surface area contributed by atoms with Crippen LogP contribution in [0.2, 0.25) is 0 Å². The Bertz CT molecular complexity index is 1030. The molecule has 2 aromatic carbocycles. The number of hydrogen-bond acceptors (Lipinski definition) is 6. The summed E-state index contributed by atoms with van der Waals surface area (Å²) in [4.78, 5) is 26.8. The van der Waals surface area contributed by atoms with Crippen LogP contribution in [-0.2, 0) is 16.1 Å². The summed E-state index contributed by atoms with van der Waals surface area (Å²) in [6.45, 7) is 7.70. The van der Waals surface area contributed by atoms with E-state index in [-0.39, 0.29) is 0 Å². The van der Waals surface area contributed by atoms with Crippen LogP contribution in [0.15, 0.2) is 48.5 Å². The van der Waals surface area contributed by atoms with Gasteiger partial charge in [0.05, 0.1) is 6.61 Å². The van der Waals surface area contributed by atoms with Gasteiger partial charge >= 0.3 is 0 Å². The molecule has 0 unspecified atom stereocenters. The van der Waals surface area contributed by atoms with E-state index in [2.05, 4.69) is 34.2 Å². The average molecular weight is 465 g/mol. The first-order chi connectivity index (χ1) is 16.3. The lowest BCUT2D eigenvalue weighted by molar-refractivity contribution is -0.132. The van der Waals surface area contributed by atoms with Gasteiger partial charge in [-0.15, -0.1) is 0 Å².